The molecule has 0 nitrogen and oxygen atoms in total. The monoisotopic (exact) mass is 270 g/mol. The zero-order valence-corrected chi connectivity index (χ0v) is 16.0. The van der Waals surface area contributed by atoms with Crippen LogP contribution in [0.15, 0.2) is 0 Å². The summed E-state index contributed by atoms with van der Waals surface area (Å²) < 4.78 is 0.334. The summed E-state index contributed by atoms with van der Waals surface area (Å²) in [5, 5.41) is 0. The average Bonchev–Trinajstić information content (AvgIpc) is 1.93. The van der Waals surface area contributed by atoms with Crippen LogP contribution < -0.4 is 0 Å². The van der Waals surface area contributed by atoms with Crippen LogP contribution in [0.3, 0.4) is 0 Å². The summed E-state index contributed by atoms with van der Waals surface area (Å²) in [6.45, 7) is 24.3. The van der Waals surface area contributed by atoms with Crippen LogP contribution in [0.4, 0.5) is 0 Å². The van der Waals surface area contributed by atoms with Crippen LogP contribution in [0.5, 0.6) is 0 Å². The summed E-state index contributed by atoms with van der Waals surface area (Å²) >= 11 is 0. The van der Waals surface area contributed by atoms with Crippen LogP contribution in [0.1, 0.15) is 6.92 Å². The number of hydrogen-bond donors (Lipinski definition) is 0. The van der Waals surface area contributed by atoms with Crippen molar-refractivity contribution in [1.82, 2.24) is 0 Å². The largest absolute Gasteiger partial charge is 0.132 e. The molecule has 0 atom stereocenters. The molecule has 0 radical (unpaired) electrons. The Kier molecular flexibility index (Phi) is 4.53. The van der Waals surface area contributed by atoms with Gasteiger partial charge in [0.1, 0.15) is 8.07 Å². The first-order chi connectivity index (χ1) is 6.71. The average molecular weight is 271 g/mol. The topological polar surface area (TPSA) is 0 Å². The molecule has 0 unspecified atom stereocenters. The van der Waals surface area contributed by atoms with Gasteiger partial charge in [-0.05, 0) is 0 Å². The standard InChI is InChI=1S/C13H30Si3/c1-13(15(5,6)7,16(8,9)10)11-12-14(2,3)4/h1-10H3. The second-order valence-corrected chi connectivity index (χ2v) is 24.4. The summed E-state index contributed by atoms with van der Waals surface area (Å²) in [4.78, 5) is 0. The molecule has 0 amide bonds. The Balaban J connectivity index is 5.54. The summed E-state index contributed by atoms with van der Waals surface area (Å²) in [6, 6.07) is 0. The Morgan fingerprint density at radius 1 is 0.688 bits per heavy atom. The molecule has 16 heavy (non-hydrogen) atoms. The Morgan fingerprint density at radius 3 is 1.19 bits per heavy atom. The molecule has 0 aliphatic heterocycles. The lowest BCUT2D eigenvalue weighted by Crippen LogP contribution is -2.52. The number of rotatable bonds is 2. The van der Waals surface area contributed by atoms with Gasteiger partial charge in [-0.2, -0.15) is 0 Å². The van der Waals surface area contributed by atoms with Crippen molar-refractivity contribution >= 4 is 24.2 Å². The predicted octanol–water partition coefficient (Wildman–Crippen LogP) is 4.84. The smallest absolute Gasteiger partial charge is 0.129 e. The lowest BCUT2D eigenvalue weighted by atomic mass is 10.5. The van der Waals surface area contributed by atoms with Crippen LogP contribution in [0.25, 0.3) is 0 Å². The van der Waals surface area contributed by atoms with E-state index in [2.05, 4.69) is 77.3 Å². The normalized spacial score (nSPS) is 14.4. The zero-order chi connectivity index (χ0) is 13.4. The second-order valence-electron chi connectivity index (χ2n) is 8.12. The van der Waals surface area contributed by atoms with Gasteiger partial charge in [0.25, 0.3) is 0 Å². The highest BCUT2D eigenvalue weighted by atomic mass is 28.4. The molecule has 0 bridgehead atoms. The van der Waals surface area contributed by atoms with E-state index < -0.39 is 24.2 Å². The van der Waals surface area contributed by atoms with Gasteiger partial charge in [0.05, 0.1) is 16.1 Å². The fourth-order valence-electron chi connectivity index (χ4n) is 1.81. The van der Waals surface area contributed by atoms with E-state index in [1.165, 1.54) is 0 Å². The maximum Gasteiger partial charge on any atom is 0.129 e. The highest BCUT2D eigenvalue weighted by molar-refractivity contribution is 6.99. The highest BCUT2D eigenvalue weighted by Crippen LogP contribution is 2.45. The molecule has 0 rings (SSSR count). The summed E-state index contributed by atoms with van der Waals surface area (Å²) in [7, 11) is -3.71. The van der Waals surface area contributed by atoms with Crippen molar-refractivity contribution in [3.05, 3.63) is 0 Å². The second kappa shape index (κ2) is 4.47. The van der Waals surface area contributed by atoms with Crippen LogP contribution in [0.2, 0.25) is 63.6 Å². The van der Waals surface area contributed by atoms with Crippen molar-refractivity contribution in [2.24, 2.45) is 0 Å². The minimum Gasteiger partial charge on any atom is -0.132 e. The molecule has 0 fully saturated rings. The first-order valence-corrected chi connectivity index (χ1v) is 16.8. The van der Waals surface area contributed by atoms with E-state index in [9.17, 15) is 0 Å². The first-order valence-electron chi connectivity index (χ1n) is 6.25. The minimum absolute atomic E-state index is 0.334. The van der Waals surface area contributed by atoms with Crippen LogP contribution in [-0.4, -0.2) is 24.2 Å². The van der Waals surface area contributed by atoms with E-state index in [1.807, 2.05) is 0 Å². The van der Waals surface area contributed by atoms with E-state index >= 15 is 0 Å². The van der Waals surface area contributed by atoms with Gasteiger partial charge >= 0.3 is 0 Å². The summed E-state index contributed by atoms with van der Waals surface area (Å²) in [5.74, 6) is 3.75. The van der Waals surface area contributed by atoms with Gasteiger partial charge in [-0.15, -0.1) is 11.5 Å². The van der Waals surface area contributed by atoms with Crippen molar-refractivity contribution in [3.8, 4) is 11.5 Å². The Labute approximate surface area is 106 Å². The van der Waals surface area contributed by atoms with E-state index in [-0.39, 0.29) is 0 Å². The third-order valence-electron chi connectivity index (χ3n) is 3.69. The SMILES string of the molecule is CC(C#C[Si](C)(C)C)([Si](C)(C)C)[Si](C)(C)C. The molecule has 3 heteroatoms. The van der Waals surface area contributed by atoms with Gasteiger partial charge in [-0.1, -0.05) is 65.8 Å². The van der Waals surface area contributed by atoms with Crippen molar-refractivity contribution in [2.45, 2.75) is 70.5 Å². The van der Waals surface area contributed by atoms with Crippen LogP contribution in [-0.2, 0) is 0 Å². The zero-order valence-electron chi connectivity index (χ0n) is 13.0. The molecule has 0 saturated heterocycles. The van der Waals surface area contributed by atoms with Crippen molar-refractivity contribution in [3.63, 3.8) is 0 Å². The molecule has 0 spiro atoms. The highest BCUT2D eigenvalue weighted by Gasteiger charge is 2.47. The van der Waals surface area contributed by atoms with E-state index in [4.69, 9.17) is 0 Å². The van der Waals surface area contributed by atoms with Gasteiger partial charge < -0.3 is 0 Å². The Bertz CT molecular complexity index is 285. The van der Waals surface area contributed by atoms with Gasteiger partial charge in [0.2, 0.25) is 0 Å². The summed E-state index contributed by atoms with van der Waals surface area (Å²) in [5.41, 5.74) is 3.63. The molecule has 0 aromatic rings. The predicted molar refractivity (Wildman–Crippen MR) is 86.2 cm³/mol. The Hall–Kier alpha value is 0.211. The van der Waals surface area contributed by atoms with E-state index in [0.717, 1.165) is 0 Å². The maximum absolute atomic E-state index is 3.75. The van der Waals surface area contributed by atoms with Gasteiger partial charge in [0, 0.05) is 4.66 Å². The maximum atomic E-state index is 3.75. The van der Waals surface area contributed by atoms with Gasteiger partial charge in [-0.25, -0.2) is 0 Å². The molecule has 0 aromatic heterocycles. The van der Waals surface area contributed by atoms with Gasteiger partial charge in [0.15, 0.2) is 0 Å². The van der Waals surface area contributed by atoms with Crippen molar-refractivity contribution in [2.75, 3.05) is 0 Å². The molecular weight excluding hydrogens is 240 g/mol. The van der Waals surface area contributed by atoms with E-state index in [1.54, 1.807) is 0 Å². The number of hydrogen-bond acceptors (Lipinski definition) is 0. The Morgan fingerprint density at radius 2 is 1.00 bits per heavy atom. The quantitative estimate of drug-likeness (QED) is 0.497. The third-order valence-corrected chi connectivity index (χ3v) is 15.3. The molecule has 0 saturated carbocycles. The fourth-order valence-corrected chi connectivity index (χ4v) is 12.6. The van der Waals surface area contributed by atoms with Crippen LogP contribution >= 0.6 is 0 Å². The third kappa shape index (κ3) is 3.90. The molecule has 0 heterocycles. The fraction of sp³-hybridized carbons (Fsp3) is 0.846. The summed E-state index contributed by atoms with van der Waals surface area (Å²) in [6.07, 6.45) is 0. The molecular formula is C13H30Si3. The van der Waals surface area contributed by atoms with Crippen molar-refractivity contribution < 1.29 is 0 Å². The van der Waals surface area contributed by atoms with E-state index in [0.29, 0.717) is 4.66 Å². The lowest BCUT2D eigenvalue weighted by Gasteiger charge is -2.45. The minimum atomic E-state index is -1.24. The molecule has 94 valence electrons. The first kappa shape index (κ1) is 16.2. The van der Waals surface area contributed by atoms with Gasteiger partial charge in [-0.3, -0.25) is 0 Å². The molecule has 0 N–H and O–H groups in total. The molecule has 0 aromatic carbocycles. The molecule has 0 aliphatic rings. The molecule has 0 aliphatic carbocycles. The van der Waals surface area contributed by atoms with Crippen LogP contribution in [0, 0.1) is 11.5 Å². The van der Waals surface area contributed by atoms with Crippen molar-refractivity contribution in [1.29, 1.82) is 0 Å². The lowest BCUT2D eigenvalue weighted by molar-refractivity contribution is 0.998.